The average Bonchev–Trinajstić information content (AvgIpc) is 2.37. The summed E-state index contributed by atoms with van der Waals surface area (Å²) in [4.78, 5) is 22.3. The van der Waals surface area contributed by atoms with Crippen LogP contribution >= 0.6 is 11.6 Å². The summed E-state index contributed by atoms with van der Waals surface area (Å²) >= 11 is 5.83. The molecule has 3 N–H and O–H groups in total. The van der Waals surface area contributed by atoms with E-state index in [9.17, 15) is 9.59 Å². The van der Waals surface area contributed by atoms with Crippen LogP contribution in [-0.2, 0) is 9.59 Å². The van der Waals surface area contributed by atoms with Gasteiger partial charge in [-0.3, -0.25) is 4.79 Å². The number of hydrogen-bond donors (Lipinski definition) is 3. The number of aliphatic hydroxyl groups excluding tert-OH is 1. The van der Waals surface area contributed by atoms with E-state index in [0.717, 1.165) is 0 Å². The van der Waals surface area contributed by atoms with Gasteiger partial charge in [-0.2, -0.15) is 0 Å². The molecule has 104 valence electrons. The number of rotatable bonds is 7. The van der Waals surface area contributed by atoms with E-state index in [-0.39, 0.29) is 19.6 Å². The maximum absolute atomic E-state index is 11.5. The lowest BCUT2D eigenvalue weighted by atomic mass is 10.2. The number of aliphatic hydroxyl groups is 1. The number of benzene rings is 1. The second kappa shape index (κ2) is 7.60. The molecule has 0 heterocycles. The van der Waals surface area contributed by atoms with Gasteiger partial charge in [-0.25, -0.2) is 4.79 Å². The quantitative estimate of drug-likeness (QED) is 0.685. The molecular weight excluding hydrogens is 274 g/mol. The summed E-state index contributed by atoms with van der Waals surface area (Å²) in [6, 6.07) is 5.49. The van der Waals surface area contributed by atoms with Crippen LogP contribution in [0.25, 0.3) is 0 Å². The van der Waals surface area contributed by atoms with Gasteiger partial charge >= 0.3 is 5.97 Å². The summed E-state index contributed by atoms with van der Waals surface area (Å²) in [5.74, 6) is -1.46. The van der Waals surface area contributed by atoms with Crippen molar-refractivity contribution in [2.45, 2.75) is 12.5 Å². The van der Waals surface area contributed by atoms with E-state index in [0.29, 0.717) is 10.8 Å². The van der Waals surface area contributed by atoms with E-state index in [4.69, 9.17) is 26.6 Å². The minimum absolute atomic E-state index is 0.0623. The fraction of sp³-hybridized carbons (Fsp3) is 0.333. The summed E-state index contributed by atoms with van der Waals surface area (Å²) < 4.78 is 5.16. The molecule has 0 fully saturated rings. The Morgan fingerprint density at radius 2 is 2.05 bits per heavy atom. The van der Waals surface area contributed by atoms with Crippen molar-refractivity contribution in [2.24, 2.45) is 0 Å². The molecule has 1 rings (SSSR count). The molecule has 0 saturated heterocycles. The zero-order valence-electron chi connectivity index (χ0n) is 10.0. The molecule has 0 spiro atoms. The third-order valence-electron chi connectivity index (χ3n) is 2.25. The zero-order chi connectivity index (χ0) is 14.3. The Morgan fingerprint density at radius 3 is 2.63 bits per heavy atom. The number of carboxylic acid groups (broad SMARTS) is 1. The number of amides is 1. The first-order valence-corrected chi connectivity index (χ1v) is 5.92. The summed E-state index contributed by atoms with van der Waals surface area (Å²) in [6.45, 7) is -0.679. The zero-order valence-corrected chi connectivity index (χ0v) is 10.8. The first-order chi connectivity index (χ1) is 9.04. The fourth-order valence-electron chi connectivity index (χ4n) is 1.33. The van der Waals surface area contributed by atoms with Crippen molar-refractivity contribution in [1.82, 2.24) is 5.32 Å². The van der Waals surface area contributed by atoms with E-state index in [1.807, 2.05) is 0 Å². The normalized spacial score (nSPS) is 11.7. The van der Waals surface area contributed by atoms with E-state index in [2.05, 4.69) is 5.32 Å². The highest BCUT2D eigenvalue weighted by atomic mass is 35.5. The number of hydrogen-bond acceptors (Lipinski definition) is 4. The molecular formula is C12H14ClNO5. The number of halogens is 1. The Bertz CT molecular complexity index is 452. The van der Waals surface area contributed by atoms with Crippen LogP contribution in [0.5, 0.6) is 5.75 Å². The molecule has 0 aliphatic rings. The Morgan fingerprint density at radius 1 is 1.37 bits per heavy atom. The number of para-hydroxylation sites is 1. The molecule has 1 unspecified atom stereocenters. The van der Waals surface area contributed by atoms with Crippen LogP contribution in [0, 0.1) is 0 Å². The van der Waals surface area contributed by atoms with E-state index in [1.165, 1.54) is 0 Å². The van der Waals surface area contributed by atoms with Gasteiger partial charge in [0.25, 0.3) is 5.91 Å². The van der Waals surface area contributed by atoms with Crippen LogP contribution in [0.4, 0.5) is 0 Å². The van der Waals surface area contributed by atoms with Crippen LogP contribution < -0.4 is 10.1 Å². The van der Waals surface area contributed by atoms with Crippen LogP contribution in [0.15, 0.2) is 24.3 Å². The Balaban J connectivity index is 2.47. The smallest absolute Gasteiger partial charge is 0.326 e. The van der Waals surface area contributed by atoms with Crippen molar-refractivity contribution >= 4 is 23.5 Å². The number of nitrogens with one attached hydrogen (secondary N) is 1. The number of ether oxygens (including phenoxy) is 1. The minimum Gasteiger partial charge on any atom is -0.482 e. The van der Waals surface area contributed by atoms with Gasteiger partial charge in [0.15, 0.2) is 6.61 Å². The van der Waals surface area contributed by atoms with E-state index < -0.39 is 17.9 Å². The molecule has 1 aromatic carbocycles. The van der Waals surface area contributed by atoms with Gasteiger partial charge in [0.2, 0.25) is 0 Å². The van der Waals surface area contributed by atoms with Gasteiger partial charge in [0.05, 0.1) is 5.02 Å². The molecule has 0 aliphatic heterocycles. The van der Waals surface area contributed by atoms with Crippen molar-refractivity contribution in [3.63, 3.8) is 0 Å². The number of carbonyl (C=O) groups excluding carboxylic acids is 1. The number of aliphatic carboxylic acids is 1. The SMILES string of the molecule is O=C(COc1ccccc1Cl)NC(CCO)C(=O)O. The first-order valence-electron chi connectivity index (χ1n) is 5.55. The van der Waals surface area contributed by atoms with Gasteiger partial charge in [-0.1, -0.05) is 23.7 Å². The molecule has 1 amide bonds. The van der Waals surface area contributed by atoms with Crippen LogP contribution in [0.1, 0.15) is 6.42 Å². The highest BCUT2D eigenvalue weighted by Gasteiger charge is 2.19. The summed E-state index contributed by atoms with van der Waals surface area (Å²) in [7, 11) is 0. The number of carboxylic acids is 1. The average molecular weight is 288 g/mol. The van der Waals surface area contributed by atoms with Gasteiger partial charge < -0.3 is 20.3 Å². The molecule has 7 heteroatoms. The second-order valence-electron chi connectivity index (χ2n) is 3.69. The standard InChI is InChI=1S/C12H14ClNO5/c13-8-3-1-2-4-10(8)19-7-11(16)14-9(5-6-15)12(17)18/h1-4,9,15H,5-7H2,(H,14,16)(H,17,18). The molecule has 19 heavy (non-hydrogen) atoms. The van der Waals surface area contributed by atoms with Crippen molar-refractivity contribution in [3.05, 3.63) is 29.3 Å². The number of carbonyl (C=O) groups is 2. The lowest BCUT2D eigenvalue weighted by Crippen LogP contribution is -2.43. The lowest BCUT2D eigenvalue weighted by molar-refractivity contribution is -0.142. The monoisotopic (exact) mass is 287 g/mol. The maximum Gasteiger partial charge on any atom is 0.326 e. The van der Waals surface area contributed by atoms with E-state index in [1.54, 1.807) is 24.3 Å². The van der Waals surface area contributed by atoms with Crippen LogP contribution in [-0.4, -0.2) is 41.3 Å². The topological polar surface area (TPSA) is 95.9 Å². The Hall–Kier alpha value is -1.79. The fourth-order valence-corrected chi connectivity index (χ4v) is 1.52. The molecule has 1 aromatic rings. The van der Waals surface area contributed by atoms with Gasteiger partial charge in [0.1, 0.15) is 11.8 Å². The molecule has 0 aliphatic carbocycles. The van der Waals surface area contributed by atoms with Crippen molar-refractivity contribution in [3.8, 4) is 5.75 Å². The predicted octanol–water partition coefficient (Wildman–Crippen LogP) is 0.671. The summed E-state index contributed by atoms with van der Waals surface area (Å²) in [6.07, 6.45) is -0.0623. The predicted molar refractivity (Wildman–Crippen MR) is 68.2 cm³/mol. The maximum atomic E-state index is 11.5. The molecule has 0 bridgehead atoms. The highest BCUT2D eigenvalue weighted by molar-refractivity contribution is 6.32. The van der Waals surface area contributed by atoms with E-state index >= 15 is 0 Å². The van der Waals surface area contributed by atoms with Crippen molar-refractivity contribution in [2.75, 3.05) is 13.2 Å². The summed E-state index contributed by atoms with van der Waals surface area (Å²) in [5.41, 5.74) is 0. The largest absolute Gasteiger partial charge is 0.482 e. The first kappa shape index (κ1) is 15.3. The lowest BCUT2D eigenvalue weighted by Gasteiger charge is -2.13. The summed E-state index contributed by atoms with van der Waals surface area (Å²) in [5, 5.41) is 20.1. The molecule has 1 atom stereocenters. The van der Waals surface area contributed by atoms with Gasteiger partial charge in [0, 0.05) is 13.0 Å². The van der Waals surface area contributed by atoms with Crippen LogP contribution in [0.3, 0.4) is 0 Å². The molecule has 6 nitrogen and oxygen atoms in total. The Labute approximate surface area is 114 Å². The van der Waals surface area contributed by atoms with Gasteiger partial charge in [-0.05, 0) is 12.1 Å². The highest BCUT2D eigenvalue weighted by Crippen LogP contribution is 2.22. The molecule has 0 saturated carbocycles. The molecule has 0 aromatic heterocycles. The van der Waals surface area contributed by atoms with Crippen LogP contribution in [0.2, 0.25) is 5.02 Å². The van der Waals surface area contributed by atoms with Crippen molar-refractivity contribution < 1.29 is 24.5 Å². The van der Waals surface area contributed by atoms with Crippen molar-refractivity contribution in [1.29, 1.82) is 0 Å². The molecule has 0 radical (unpaired) electrons. The Kier molecular flexibility index (Phi) is 6.11. The second-order valence-corrected chi connectivity index (χ2v) is 4.10. The minimum atomic E-state index is -1.21. The van der Waals surface area contributed by atoms with Gasteiger partial charge in [-0.15, -0.1) is 0 Å². The third-order valence-corrected chi connectivity index (χ3v) is 2.56. The third kappa shape index (κ3) is 5.15.